The van der Waals surface area contributed by atoms with Gasteiger partial charge >= 0.3 is 0 Å². The standard InChI is InChI=1S/C16H16BrNO2/c17-14-8-7-11-9-13(6-5-12(11)10-14)16(19)18-20-15-3-1-2-4-15/h5-10,15H,1-4H2,(H,18,19). The van der Waals surface area contributed by atoms with E-state index >= 15 is 0 Å². The van der Waals surface area contributed by atoms with E-state index in [-0.39, 0.29) is 12.0 Å². The van der Waals surface area contributed by atoms with E-state index in [1.165, 1.54) is 12.8 Å². The van der Waals surface area contributed by atoms with Gasteiger partial charge in [0.1, 0.15) is 0 Å². The van der Waals surface area contributed by atoms with Crippen LogP contribution in [0.2, 0.25) is 0 Å². The van der Waals surface area contributed by atoms with Crippen molar-refractivity contribution in [2.45, 2.75) is 31.8 Å². The Morgan fingerprint density at radius 1 is 1.10 bits per heavy atom. The summed E-state index contributed by atoms with van der Waals surface area (Å²) < 4.78 is 1.03. The number of halogens is 1. The first-order valence-corrected chi connectivity index (χ1v) is 7.67. The van der Waals surface area contributed by atoms with Gasteiger partial charge in [0.05, 0.1) is 6.10 Å². The van der Waals surface area contributed by atoms with Crippen LogP contribution in [0, 0.1) is 0 Å². The molecule has 1 N–H and O–H groups in total. The van der Waals surface area contributed by atoms with Crippen LogP contribution in [0.5, 0.6) is 0 Å². The lowest BCUT2D eigenvalue weighted by Crippen LogP contribution is -2.28. The van der Waals surface area contributed by atoms with E-state index in [2.05, 4.69) is 21.4 Å². The van der Waals surface area contributed by atoms with Crippen LogP contribution < -0.4 is 5.48 Å². The minimum Gasteiger partial charge on any atom is -0.270 e. The number of amides is 1. The Labute approximate surface area is 126 Å². The Kier molecular flexibility index (Phi) is 4.03. The zero-order valence-electron chi connectivity index (χ0n) is 11.1. The van der Waals surface area contributed by atoms with Crippen LogP contribution in [0.15, 0.2) is 40.9 Å². The SMILES string of the molecule is O=C(NOC1CCCC1)c1ccc2cc(Br)ccc2c1. The summed E-state index contributed by atoms with van der Waals surface area (Å²) in [5.74, 6) is -0.179. The lowest BCUT2D eigenvalue weighted by atomic mass is 10.1. The van der Waals surface area contributed by atoms with Crippen LogP contribution in [0.1, 0.15) is 36.0 Å². The van der Waals surface area contributed by atoms with Crippen molar-refractivity contribution < 1.29 is 9.63 Å². The van der Waals surface area contributed by atoms with Crippen LogP contribution in [-0.4, -0.2) is 12.0 Å². The topological polar surface area (TPSA) is 38.3 Å². The minimum absolute atomic E-state index is 0.176. The summed E-state index contributed by atoms with van der Waals surface area (Å²) in [4.78, 5) is 17.5. The molecule has 1 fully saturated rings. The molecule has 0 aliphatic heterocycles. The van der Waals surface area contributed by atoms with Crippen LogP contribution >= 0.6 is 15.9 Å². The molecule has 1 aliphatic carbocycles. The molecule has 0 radical (unpaired) electrons. The quantitative estimate of drug-likeness (QED) is 0.854. The summed E-state index contributed by atoms with van der Waals surface area (Å²) in [5.41, 5.74) is 3.19. The van der Waals surface area contributed by atoms with Gasteiger partial charge in [-0.3, -0.25) is 9.63 Å². The molecule has 0 spiro atoms. The molecular formula is C16H16BrNO2. The maximum absolute atomic E-state index is 12.1. The van der Waals surface area contributed by atoms with Gasteiger partial charge in [-0.1, -0.05) is 40.9 Å². The van der Waals surface area contributed by atoms with Gasteiger partial charge in [-0.05, 0) is 47.9 Å². The molecule has 0 saturated heterocycles. The van der Waals surface area contributed by atoms with E-state index < -0.39 is 0 Å². The molecule has 20 heavy (non-hydrogen) atoms. The van der Waals surface area contributed by atoms with Gasteiger partial charge in [0.25, 0.3) is 5.91 Å². The van der Waals surface area contributed by atoms with Gasteiger partial charge in [-0.25, -0.2) is 5.48 Å². The third-order valence-electron chi connectivity index (χ3n) is 3.68. The first kappa shape index (κ1) is 13.6. The van der Waals surface area contributed by atoms with Crippen molar-refractivity contribution in [3.8, 4) is 0 Å². The fourth-order valence-corrected chi connectivity index (χ4v) is 2.94. The molecule has 3 rings (SSSR count). The molecule has 0 heterocycles. The summed E-state index contributed by atoms with van der Waals surface area (Å²) in [6.07, 6.45) is 4.62. The molecule has 2 aromatic carbocycles. The highest BCUT2D eigenvalue weighted by molar-refractivity contribution is 9.10. The Morgan fingerprint density at radius 2 is 1.80 bits per heavy atom. The van der Waals surface area contributed by atoms with Crippen molar-refractivity contribution in [3.05, 3.63) is 46.4 Å². The van der Waals surface area contributed by atoms with E-state index in [0.29, 0.717) is 5.56 Å². The third kappa shape index (κ3) is 3.02. The van der Waals surface area contributed by atoms with E-state index in [1.54, 1.807) is 0 Å². The Hall–Kier alpha value is -1.39. The summed E-state index contributed by atoms with van der Waals surface area (Å²) in [7, 11) is 0. The van der Waals surface area contributed by atoms with Gasteiger partial charge < -0.3 is 0 Å². The van der Waals surface area contributed by atoms with Crippen molar-refractivity contribution in [1.82, 2.24) is 5.48 Å². The second-order valence-corrected chi connectivity index (χ2v) is 6.08. The fraction of sp³-hybridized carbons (Fsp3) is 0.312. The van der Waals surface area contributed by atoms with E-state index in [0.717, 1.165) is 28.1 Å². The zero-order valence-corrected chi connectivity index (χ0v) is 12.7. The monoisotopic (exact) mass is 333 g/mol. The smallest absolute Gasteiger partial charge is 0.270 e. The lowest BCUT2D eigenvalue weighted by molar-refractivity contribution is -0.0124. The zero-order chi connectivity index (χ0) is 13.9. The van der Waals surface area contributed by atoms with Crippen LogP contribution in [0.3, 0.4) is 0 Å². The van der Waals surface area contributed by atoms with Crippen molar-refractivity contribution in [2.75, 3.05) is 0 Å². The number of benzene rings is 2. The largest absolute Gasteiger partial charge is 0.274 e. The number of rotatable bonds is 3. The Balaban J connectivity index is 1.72. The molecule has 1 saturated carbocycles. The molecule has 104 valence electrons. The van der Waals surface area contributed by atoms with E-state index in [4.69, 9.17) is 4.84 Å². The maximum Gasteiger partial charge on any atom is 0.274 e. The molecule has 0 aromatic heterocycles. The number of hydroxylamine groups is 1. The highest BCUT2D eigenvalue weighted by atomic mass is 79.9. The number of carbonyl (C=O) groups excluding carboxylic acids is 1. The average molecular weight is 334 g/mol. The number of hydrogen-bond donors (Lipinski definition) is 1. The molecule has 2 aromatic rings. The molecule has 1 amide bonds. The number of hydrogen-bond acceptors (Lipinski definition) is 2. The molecule has 0 bridgehead atoms. The van der Waals surface area contributed by atoms with Crippen molar-refractivity contribution >= 4 is 32.6 Å². The Morgan fingerprint density at radius 3 is 2.60 bits per heavy atom. The molecule has 4 heteroatoms. The third-order valence-corrected chi connectivity index (χ3v) is 4.18. The van der Waals surface area contributed by atoms with Gasteiger partial charge in [0, 0.05) is 10.0 Å². The molecule has 0 unspecified atom stereocenters. The molecular weight excluding hydrogens is 318 g/mol. The second-order valence-electron chi connectivity index (χ2n) is 5.16. The predicted molar refractivity (Wildman–Crippen MR) is 82.5 cm³/mol. The van der Waals surface area contributed by atoms with Crippen LogP contribution in [0.4, 0.5) is 0 Å². The van der Waals surface area contributed by atoms with Crippen molar-refractivity contribution in [2.24, 2.45) is 0 Å². The normalized spacial score (nSPS) is 15.7. The lowest BCUT2D eigenvalue weighted by Gasteiger charge is -2.11. The maximum atomic E-state index is 12.1. The molecule has 1 aliphatic rings. The summed E-state index contributed by atoms with van der Waals surface area (Å²) in [6.45, 7) is 0. The van der Waals surface area contributed by atoms with Crippen LogP contribution in [0.25, 0.3) is 10.8 Å². The average Bonchev–Trinajstić information content (AvgIpc) is 2.97. The number of carbonyl (C=O) groups is 1. The van der Waals surface area contributed by atoms with Gasteiger partial charge in [-0.15, -0.1) is 0 Å². The van der Waals surface area contributed by atoms with E-state index in [9.17, 15) is 4.79 Å². The van der Waals surface area contributed by atoms with Crippen molar-refractivity contribution in [1.29, 1.82) is 0 Å². The molecule has 0 atom stereocenters. The predicted octanol–water partition coefficient (Wildman–Crippen LogP) is 4.21. The number of fused-ring (bicyclic) bond motifs is 1. The Bertz CT molecular complexity index is 635. The highest BCUT2D eigenvalue weighted by Crippen LogP contribution is 2.22. The minimum atomic E-state index is -0.179. The van der Waals surface area contributed by atoms with Crippen LogP contribution in [-0.2, 0) is 4.84 Å². The fourth-order valence-electron chi connectivity index (χ4n) is 2.56. The molecule has 3 nitrogen and oxygen atoms in total. The van der Waals surface area contributed by atoms with Gasteiger partial charge in [-0.2, -0.15) is 0 Å². The summed E-state index contributed by atoms with van der Waals surface area (Å²) in [5, 5.41) is 2.15. The highest BCUT2D eigenvalue weighted by Gasteiger charge is 2.17. The number of nitrogens with one attached hydrogen (secondary N) is 1. The first-order chi connectivity index (χ1) is 9.72. The van der Waals surface area contributed by atoms with E-state index in [1.807, 2.05) is 36.4 Å². The first-order valence-electron chi connectivity index (χ1n) is 6.88. The second kappa shape index (κ2) is 5.94. The van der Waals surface area contributed by atoms with Crippen molar-refractivity contribution in [3.63, 3.8) is 0 Å². The summed E-state index contributed by atoms with van der Waals surface area (Å²) in [6, 6.07) is 11.7. The summed E-state index contributed by atoms with van der Waals surface area (Å²) >= 11 is 3.44. The van der Waals surface area contributed by atoms with Gasteiger partial charge in [0.15, 0.2) is 0 Å². The van der Waals surface area contributed by atoms with Gasteiger partial charge in [0.2, 0.25) is 0 Å².